The maximum absolute atomic E-state index is 13.0. The molecule has 0 amide bonds. The van der Waals surface area contributed by atoms with Gasteiger partial charge >= 0.3 is 18.0 Å². The molecular weight excluding hydrogens is 542 g/mol. The summed E-state index contributed by atoms with van der Waals surface area (Å²) >= 11 is 0. The highest BCUT2D eigenvalue weighted by atomic mass is 19.4. The maximum Gasteiger partial charge on any atom is 0.434 e. The van der Waals surface area contributed by atoms with Gasteiger partial charge in [-0.1, -0.05) is 24.3 Å². The molecule has 0 radical (unpaired) electrons. The summed E-state index contributed by atoms with van der Waals surface area (Å²) in [7, 11) is 2.71. The average molecular weight is 562 g/mol. The molecule has 9 nitrogen and oxygen atoms in total. The van der Waals surface area contributed by atoms with Crippen LogP contribution in [0.2, 0.25) is 0 Å². The van der Waals surface area contributed by atoms with E-state index in [-0.39, 0.29) is 35.2 Å². The highest BCUT2D eigenvalue weighted by Gasteiger charge is 2.34. The second kappa shape index (κ2) is 9.81. The van der Waals surface area contributed by atoms with Crippen molar-refractivity contribution in [3.8, 4) is 22.8 Å². The third-order valence-corrected chi connectivity index (χ3v) is 6.04. The van der Waals surface area contributed by atoms with Crippen molar-refractivity contribution >= 4 is 17.0 Å². The summed E-state index contributed by atoms with van der Waals surface area (Å²) in [5, 5.41) is 0. The molecular formula is C25H20F6N8O. The molecule has 15 heteroatoms. The van der Waals surface area contributed by atoms with Gasteiger partial charge in [0.1, 0.15) is 23.7 Å². The Labute approximate surface area is 221 Å². The Balaban J connectivity index is 1.46. The Morgan fingerprint density at radius 2 is 1.73 bits per heavy atom. The lowest BCUT2D eigenvalue weighted by atomic mass is 10.1. The van der Waals surface area contributed by atoms with E-state index in [4.69, 9.17) is 0 Å². The van der Waals surface area contributed by atoms with Gasteiger partial charge in [0.05, 0.1) is 18.3 Å². The highest BCUT2D eigenvalue weighted by Crippen LogP contribution is 2.31. The SMILES string of the molecule is CN(CC(F)(F)F)c1ncccc1-c1ncc2[nH]c(=O)n(Cc3ccc(-c4nc(C(F)(F)F)cn4C)cc3)c2n1. The molecule has 0 atom stereocenters. The van der Waals surface area contributed by atoms with Gasteiger partial charge in [0.15, 0.2) is 17.2 Å². The number of H-pyrrole nitrogens is 1. The summed E-state index contributed by atoms with van der Waals surface area (Å²) in [4.78, 5) is 32.7. The van der Waals surface area contributed by atoms with E-state index >= 15 is 0 Å². The summed E-state index contributed by atoms with van der Waals surface area (Å²) in [6, 6.07) is 9.56. The van der Waals surface area contributed by atoms with Crippen molar-refractivity contribution in [2.24, 2.45) is 7.05 Å². The lowest BCUT2D eigenvalue weighted by Crippen LogP contribution is -2.31. The van der Waals surface area contributed by atoms with Gasteiger partial charge in [-0.2, -0.15) is 26.3 Å². The molecule has 0 aliphatic carbocycles. The first-order valence-electron chi connectivity index (χ1n) is 11.7. The number of rotatable bonds is 6. The van der Waals surface area contributed by atoms with Crippen LogP contribution in [-0.2, 0) is 19.8 Å². The Morgan fingerprint density at radius 3 is 2.38 bits per heavy atom. The van der Waals surface area contributed by atoms with Crippen molar-refractivity contribution in [1.29, 1.82) is 0 Å². The van der Waals surface area contributed by atoms with Crippen LogP contribution in [0.1, 0.15) is 11.3 Å². The molecule has 0 fully saturated rings. The summed E-state index contributed by atoms with van der Waals surface area (Å²) in [5.41, 5.74) is 0.364. The summed E-state index contributed by atoms with van der Waals surface area (Å²) in [6.45, 7) is -1.18. The van der Waals surface area contributed by atoms with E-state index in [2.05, 4.69) is 24.9 Å². The Bertz CT molecular complexity index is 1730. The predicted molar refractivity (Wildman–Crippen MR) is 133 cm³/mol. The Hall–Kier alpha value is -4.69. The van der Waals surface area contributed by atoms with Gasteiger partial charge in [-0.15, -0.1) is 0 Å². The minimum absolute atomic E-state index is 0.0159. The topological polar surface area (TPSA) is 97.5 Å². The number of pyridine rings is 1. The summed E-state index contributed by atoms with van der Waals surface area (Å²) in [6.07, 6.45) is -5.41. The lowest BCUT2D eigenvalue weighted by molar-refractivity contribution is -0.140. The van der Waals surface area contributed by atoms with E-state index in [1.54, 1.807) is 30.3 Å². The van der Waals surface area contributed by atoms with E-state index in [0.29, 0.717) is 16.6 Å². The number of nitrogens with one attached hydrogen (secondary N) is 1. The molecule has 0 unspecified atom stereocenters. The maximum atomic E-state index is 13.0. The summed E-state index contributed by atoms with van der Waals surface area (Å²) < 4.78 is 80.7. The first-order valence-corrected chi connectivity index (χ1v) is 11.7. The number of aryl methyl sites for hydroxylation is 1. The molecule has 0 aliphatic rings. The lowest BCUT2D eigenvalue weighted by Gasteiger charge is -2.21. The van der Waals surface area contributed by atoms with Crippen molar-refractivity contribution < 1.29 is 26.3 Å². The third-order valence-electron chi connectivity index (χ3n) is 6.04. The molecule has 5 rings (SSSR count). The Morgan fingerprint density at radius 1 is 1.00 bits per heavy atom. The van der Waals surface area contributed by atoms with Crippen LogP contribution in [0.25, 0.3) is 33.9 Å². The van der Waals surface area contributed by atoms with Crippen LogP contribution in [0.3, 0.4) is 0 Å². The smallest absolute Gasteiger partial charge is 0.350 e. The fourth-order valence-corrected chi connectivity index (χ4v) is 4.25. The third kappa shape index (κ3) is 5.39. The van der Waals surface area contributed by atoms with Gasteiger partial charge in [0, 0.05) is 32.1 Å². The molecule has 4 heterocycles. The van der Waals surface area contributed by atoms with Gasteiger partial charge in [-0.3, -0.25) is 4.57 Å². The summed E-state index contributed by atoms with van der Waals surface area (Å²) in [5.74, 6) is 0.216. The minimum Gasteiger partial charge on any atom is -0.350 e. The van der Waals surface area contributed by atoms with Crippen molar-refractivity contribution in [1.82, 2.24) is 34.1 Å². The second-order valence-electron chi connectivity index (χ2n) is 9.05. The van der Waals surface area contributed by atoms with E-state index < -0.39 is 30.3 Å². The molecule has 0 bridgehead atoms. The van der Waals surface area contributed by atoms with Crippen LogP contribution < -0.4 is 10.6 Å². The van der Waals surface area contributed by atoms with Crippen LogP contribution >= 0.6 is 0 Å². The van der Waals surface area contributed by atoms with Crippen molar-refractivity contribution in [2.75, 3.05) is 18.5 Å². The number of halogens is 6. The molecule has 0 aliphatic heterocycles. The van der Waals surface area contributed by atoms with E-state index in [9.17, 15) is 31.1 Å². The number of hydrogen-bond acceptors (Lipinski definition) is 6. The fraction of sp³-hybridized carbons (Fsp3) is 0.240. The predicted octanol–water partition coefficient (Wildman–Crippen LogP) is 4.65. The molecule has 0 saturated heterocycles. The van der Waals surface area contributed by atoms with Gasteiger partial charge in [-0.25, -0.2) is 24.7 Å². The van der Waals surface area contributed by atoms with Crippen molar-refractivity contribution in [3.05, 3.63) is 76.7 Å². The molecule has 1 aromatic carbocycles. The van der Waals surface area contributed by atoms with E-state index in [0.717, 1.165) is 11.1 Å². The number of imidazole rings is 2. The molecule has 40 heavy (non-hydrogen) atoms. The fourth-order valence-electron chi connectivity index (χ4n) is 4.25. The van der Waals surface area contributed by atoms with Gasteiger partial charge < -0.3 is 14.5 Å². The zero-order valence-corrected chi connectivity index (χ0v) is 20.9. The number of anilines is 1. The quantitative estimate of drug-likeness (QED) is 0.303. The molecule has 0 spiro atoms. The normalized spacial score (nSPS) is 12.3. The first kappa shape index (κ1) is 26.9. The molecule has 4 aromatic heterocycles. The number of alkyl halides is 6. The monoisotopic (exact) mass is 562 g/mol. The number of nitrogens with zero attached hydrogens (tertiary/aromatic N) is 7. The number of hydrogen-bond donors (Lipinski definition) is 1. The highest BCUT2D eigenvalue weighted by molar-refractivity contribution is 5.77. The number of benzene rings is 1. The average Bonchev–Trinajstić information content (AvgIpc) is 3.43. The number of aromatic nitrogens is 7. The van der Waals surface area contributed by atoms with Crippen LogP contribution in [0.15, 0.2) is 59.8 Å². The van der Waals surface area contributed by atoms with Crippen LogP contribution in [0.5, 0.6) is 0 Å². The molecule has 5 aromatic rings. The molecule has 0 saturated carbocycles. The van der Waals surface area contributed by atoms with E-state index in [1.807, 2.05) is 0 Å². The zero-order chi connectivity index (χ0) is 28.8. The van der Waals surface area contributed by atoms with Crippen LogP contribution in [0.4, 0.5) is 32.2 Å². The van der Waals surface area contributed by atoms with Gasteiger partial charge in [0.2, 0.25) is 0 Å². The minimum atomic E-state index is -4.57. The van der Waals surface area contributed by atoms with Crippen LogP contribution in [0, 0.1) is 0 Å². The zero-order valence-electron chi connectivity index (χ0n) is 20.9. The van der Waals surface area contributed by atoms with Crippen LogP contribution in [-0.4, -0.2) is 53.8 Å². The largest absolute Gasteiger partial charge is 0.434 e. The van der Waals surface area contributed by atoms with Crippen molar-refractivity contribution in [2.45, 2.75) is 18.9 Å². The molecule has 208 valence electrons. The molecule has 1 N–H and O–H groups in total. The van der Waals surface area contributed by atoms with Gasteiger partial charge in [0.25, 0.3) is 0 Å². The van der Waals surface area contributed by atoms with Crippen molar-refractivity contribution in [3.63, 3.8) is 0 Å². The second-order valence-corrected chi connectivity index (χ2v) is 9.05. The van der Waals surface area contributed by atoms with Gasteiger partial charge in [-0.05, 0) is 17.7 Å². The van der Waals surface area contributed by atoms with E-state index in [1.165, 1.54) is 41.7 Å². The number of aromatic amines is 1. The Kier molecular flexibility index (Phi) is 6.59. The standard InChI is InChI=1S/C25H20F6N8O/c1-37-12-18(25(29,30)31)35-20(37)15-7-5-14(6-8-15)11-39-22-17(34-23(39)40)10-33-19(36-22)16-4-3-9-32-21(16)38(2)13-24(26,27)28/h3-10,12H,11,13H2,1-2H3,(H,34,40). The number of fused-ring (bicyclic) bond motifs is 1. The first-order chi connectivity index (χ1) is 18.8.